The number of carboxylic acid groups (broad SMARTS) is 1. The van der Waals surface area contributed by atoms with Gasteiger partial charge >= 0.3 is 5.97 Å². The summed E-state index contributed by atoms with van der Waals surface area (Å²) in [6.07, 6.45) is 5.48. The SMILES string of the molecule is CCCCC(C)Oc1cc2c(cc1OC)CCC(C(=O)O)C2. The van der Waals surface area contributed by atoms with Crippen molar-refractivity contribution in [3.63, 3.8) is 0 Å². The van der Waals surface area contributed by atoms with Gasteiger partial charge in [0.2, 0.25) is 0 Å². The van der Waals surface area contributed by atoms with Crippen LogP contribution in [0.1, 0.15) is 50.7 Å². The average molecular weight is 306 g/mol. The van der Waals surface area contributed by atoms with Gasteiger partial charge in [-0.3, -0.25) is 4.79 Å². The van der Waals surface area contributed by atoms with Crippen molar-refractivity contribution in [2.24, 2.45) is 5.92 Å². The monoisotopic (exact) mass is 306 g/mol. The first kappa shape index (κ1) is 16.7. The van der Waals surface area contributed by atoms with Crippen LogP contribution in [0.5, 0.6) is 11.5 Å². The fraction of sp³-hybridized carbons (Fsp3) is 0.611. The number of benzene rings is 1. The highest BCUT2D eigenvalue weighted by Crippen LogP contribution is 2.36. The highest BCUT2D eigenvalue weighted by Gasteiger charge is 2.26. The predicted octanol–water partition coefficient (Wildman–Crippen LogP) is 3.84. The molecule has 1 aliphatic carbocycles. The van der Waals surface area contributed by atoms with Gasteiger partial charge in [-0.15, -0.1) is 0 Å². The van der Waals surface area contributed by atoms with Crippen LogP contribution in [0.4, 0.5) is 0 Å². The average Bonchev–Trinajstić information content (AvgIpc) is 2.51. The molecule has 2 unspecified atom stereocenters. The highest BCUT2D eigenvalue weighted by atomic mass is 16.5. The van der Waals surface area contributed by atoms with Gasteiger partial charge in [0, 0.05) is 0 Å². The third-order valence-electron chi connectivity index (χ3n) is 4.36. The molecule has 0 spiro atoms. The summed E-state index contributed by atoms with van der Waals surface area (Å²) < 4.78 is 11.5. The Hall–Kier alpha value is -1.71. The smallest absolute Gasteiger partial charge is 0.306 e. The van der Waals surface area contributed by atoms with Crippen molar-refractivity contribution in [2.45, 2.75) is 58.5 Å². The third kappa shape index (κ3) is 3.93. The van der Waals surface area contributed by atoms with Crippen molar-refractivity contribution in [3.05, 3.63) is 23.3 Å². The van der Waals surface area contributed by atoms with E-state index in [1.165, 1.54) is 5.56 Å². The van der Waals surface area contributed by atoms with E-state index < -0.39 is 5.97 Å². The zero-order chi connectivity index (χ0) is 16.1. The van der Waals surface area contributed by atoms with Crippen molar-refractivity contribution in [1.29, 1.82) is 0 Å². The van der Waals surface area contributed by atoms with Crippen LogP contribution in [0.25, 0.3) is 0 Å². The molecule has 0 radical (unpaired) electrons. The Morgan fingerprint density at radius 1 is 1.36 bits per heavy atom. The molecule has 0 fully saturated rings. The molecule has 2 atom stereocenters. The van der Waals surface area contributed by atoms with Crippen molar-refractivity contribution in [2.75, 3.05) is 7.11 Å². The molecule has 0 aliphatic heterocycles. The molecule has 1 N–H and O–H groups in total. The van der Waals surface area contributed by atoms with Crippen molar-refractivity contribution >= 4 is 5.97 Å². The Kier molecular flexibility index (Phi) is 5.69. The lowest BCUT2D eigenvalue weighted by atomic mass is 9.83. The van der Waals surface area contributed by atoms with Gasteiger partial charge in [-0.2, -0.15) is 0 Å². The normalized spacial score (nSPS) is 18.4. The number of fused-ring (bicyclic) bond motifs is 1. The summed E-state index contributed by atoms with van der Waals surface area (Å²) in [5.41, 5.74) is 2.26. The Bertz CT molecular complexity index is 524. The maximum atomic E-state index is 11.2. The first-order valence-corrected chi connectivity index (χ1v) is 8.14. The molecule has 4 heteroatoms. The molecule has 0 aromatic heterocycles. The number of ether oxygens (including phenoxy) is 2. The molecule has 1 aromatic carbocycles. The molecule has 2 rings (SSSR count). The predicted molar refractivity (Wildman–Crippen MR) is 85.8 cm³/mol. The van der Waals surface area contributed by atoms with Crippen LogP contribution in [0.15, 0.2) is 12.1 Å². The number of rotatable bonds is 7. The molecular weight excluding hydrogens is 280 g/mol. The lowest BCUT2D eigenvalue weighted by Crippen LogP contribution is -2.22. The van der Waals surface area contributed by atoms with E-state index in [4.69, 9.17) is 9.47 Å². The zero-order valence-corrected chi connectivity index (χ0v) is 13.7. The molecule has 0 saturated carbocycles. The number of unbranched alkanes of at least 4 members (excludes halogenated alkanes) is 1. The molecule has 122 valence electrons. The van der Waals surface area contributed by atoms with Crippen LogP contribution in [0.3, 0.4) is 0 Å². The van der Waals surface area contributed by atoms with Crippen molar-refractivity contribution < 1.29 is 19.4 Å². The minimum atomic E-state index is -0.708. The number of methoxy groups -OCH3 is 1. The Balaban J connectivity index is 2.19. The lowest BCUT2D eigenvalue weighted by molar-refractivity contribution is -0.142. The van der Waals surface area contributed by atoms with Crippen LogP contribution >= 0.6 is 0 Å². The van der Waals surface area contributed by atoms with Crippen LogP contribution < -0.4 is 9.47 Å². The number of hydrogen-bond acceptors (Lipinski definition) is 3. The van der Waals surface area contributed by atoms with E-state index in [-0.39, 0.29) is 12.0 Å². The summed E-state index contributed by atoms with van der Waals surface area (Å²) >= 11 is 0. The number of carbonyl (C=O) groups is 1. The van der Waals surface area contributed by atoms with Crippen LogP contribution in [-0.2, 0) is 17.6 Å². The van der Waals surface area contributed by atoms with Gasteiger partial charge in [0.25, 0.3) is 0 Å². The van der Waals surface area contributed by atoms with Crippen molar-refractivity contribution in [1.82, 2.24) is 0 Å². The molecule has 1 aromatic rings. The van der Waals surface area contributed by atoms with E-state index in [1.807, 2.05) is 12.1 Å². The fourth-order valence-corrected chi connectivity index (χ4v) is 2.99. The number of carboxylic acids is 1. The van der Waals surface area contributed by atoms with E-state index in [0.717, 1.165) is 42.7 Å². The number of hydrogen-bond donors (Lipinski definition) is 1. The quantitative estimate of drug-likeness (QED) is 0.831. The Morgan fingerprint density at radius 3 is 2.73 bits per heavy atom. The van der Waals surface area contributed by atoms with Gasteiger partial charge in [-0.25, -0.2) is 0 Å². The Labute approximate surface area is 132 Å². The maximum Gasteiger partial charge on any atom is 0.306 e. The van der Waals surface area contributed by atoms with Gasteiger partial charge in [-0.05, 0) is 55.9 Å². The third-order valence-corrected chi connectivity index (χ3v) is 4.36. The summed E-state index contributed by atoms with van der Waals surface area (Å²) in [5.74, 6) is 0.485. The summed E-state index contributed by atoms with van der Waals surface area (Å²) in [7, 11) is 1.65. The van der Waals surface area contributed by atoms with Gasteiger partial charge in [0.15, 0.2) is 11.5 Å². The molecule has 1 aliphatic rings. The molecular formula is C18H26O4. The summed E-state index contributed by atoms with van der Waals surface area (Å²) in [5, 5.41) is 9.22. The van der Waals surface area contributed by atoms with E-state index >= 15 is 0 Å². The van der Waals surface area contributed by atoms with Gasteiger partial charge in [-0.1, -0.05) is 19.8 Å². The second-order valence-electron chi connectivity index (χ2n) is 6.12. The summed E-state index contributed by atoms with van der Waals surface area (Å²) in [6, 6.07) is 3.99. The van der Waals surface area contributed by atoms with Gasteiger partial charge in [0.05, 0.1) is 19.1 Å². The molecule has 0 saturated heterocycles. The van der Waals surface area contributed by atoms with Gasteiger partial charge < -0.3 is 14.6 Å². The second kappa shape index (κ2) is 7.52. The molecule has 22 heavy (non-hydrogen) atoms. The van der Waals surface area contributed by atoms with Crippen LogP contribution in [-0.4, -0.2) is 24.3 Å². The van der Waals surface area contributed by atoms with E-state index in [9.17, 15) is 9.90 Å². The van der Waals surface area contributed by atoms with Crippen LogP contribution in [0, 0.1) is 5.92 Å². The molecule has 0 amide bonds. The molecule has 0 bridgehead atoms. The van der Waals surface area contributed by atoms with E-state index in [2.05, 4.69) is 13.8 Å². The number of aryl methyl sites for hydroxylation is 1. The standard InChI is InChI=1S/C18H26O4/c1-4-5-6-12(2)22-17-11-15-9-14(18(19)20)8-7-13(15)10-16(17)21-3/h10-12,14H,4-9H2,1-3H3,(H,19,20). The minimum absolute atomic E-state index is 0.130. The second-order valence-corrected chi connectivity index (χ2v) is 6.12. The fourth-order valence-electron chi connectivity index (χ4n) is 2.99. The van der Waals surface area contributed by atoms with Crippen LogP contribution in [0.2, 0.25) is 0 Å². The lowest BCUT2D eigenvalue weighted by Gasteiger charge is -2.24. The molecule has 0 heterocycles. The highest BCUT2D eigenvalue weighted by molar-refractivity contribution is 5.71. The maximum absolute atomic E-state index is 11.2. The first-order valence-electron chi connectivity index (χ1n) is 8.14. The van der Waals surface area contributed by atoms with E-state index in [0.29, 0.717) is 12.8 Å². The zero-order valence-electron chi connectivity index (χ0n) is 13.7. The summed E-state index contributed by atoms with van der Waals surface area (Å²) in [6.45, 7) is 4.23. The molecule has 4 nitrogen and oxygen atoms in total. The van der Waals surface area contributed by atoms with Gasteiger partial charge in [0.1, 0.15) is 0 Å². The Morgan fingerprint density at radius 2 is 2.09 bits per heavy atom. The number of aliphatic carboxylic acids is 1. The van der Waals surface area contributed by atoms with E-state index in [1.54, 1.807) is 7.11 Å². The van der Waals surface area contributed by atoms with Crippen molar-refractivity contribution in [3.8, 4) is 11.5 Å². The topological polar surface area (TPSA) is 55.8 Å². The minimum Gasteiger partial charge on any atom is -0.493 e. The first-order chi connectivity index (χ1) is 10.5. The summed E-state index contributed by atoms with van der Waals surface area (Å²) in [4.78, 5) is 11.2. The largest absolute Gasteiger partial charge is 0.493 e.